The number of hydrogen-bond donors (Lipinski definition) is 3. The molecule has 42 heavy (non-hydrogen) atoms. The van der Waals surface area contributed by atoms with Crippen LogP contribution in [0.2, 0.25) is 0 Å². The number of hydrogen-bond acceptors (Lipinski definition) is 5. The number of benzene rings is 1. The third kappa shape index (κ3) is 10.7. The first kappa shape index (κ1) is 34.0. The minimum Gasteiger partial charge on any atom is -0.390 e. The predicted octanol–water partition coefficient (Wildman–Crippen LogP) is 4.69. The molecule has 0 bridgehead atoms. The van der Waals surface area contributed by atoms with Crippen LogP contribution in [0.3, 0.4) is 0 Å². The zero-order valence-corrected chi connectivity index (χ0v) is 26.5. The fourth-order valence-corrected chi connectivity index (χ4v) is 6.26. The summed E-state index contributed by atoms with van der Waals surface area (Å²) in [6.45, 7) is 5.86. The molecule has 0 unspecified atom stereocenters. The maximum Gasteiger partial charge on any atom is 0.241 e. The summed E-state index contributed by atoms with van der Waals surface area (Å²) in [7, 11) is 3.35. The molecule has 0 aromatic heterocycles. The second kappa shape index (κ2) is 16.4. The Morgan fingerprint density at radius 1 is 0.881 bits per heavy atom. The van der Waals surface area contributed by atoms with Crippen molar-refractivity contribution in [3.63, 3.8) is 0 Å². The Morgan fingerprint density at radius 3 is 2.07 bits per heavy atom. The zero-order chi connectivity index (χ0) is 30.8. The minimum absolute atomic E-state index is 0.000999. The van der Waals surface area contributed by atoms with Crippen LogP contribution in [-0.4, -0.2) is 76.6 Å². The molecule has 0 radical (unpaired) electrons. The van der Waals surface area contributed by atoms with Crippen molar-refractivity contribution in [2.45, 2.75) is 116 Å². The van der Waals surface area contributed by atoms with Crippen LogP contribution in [0, 0.1) is 23.7 Å². The summed E-state index contributed by atoms with van der Waals surface area (Å²) in [5.74, 6) is -0.191. The highest BCUT2D eigenvalue weighted by Crippen LogP contribution is 2.37. The number of amides is 3. The van der Waals surface area contributed by atoms with Crippen LogP contribution in [0.4, 0.5) is 0 Å². The first-order valence-electron chi connectivity index (χ1n) is 16.2. The van der Waals surface area contributed by atoms with Crippen molar-refractivity contribution in [1.82, 2.24) is 15.1 Å². The average Bonchev–Trinajstić information content (AvgIpc) is 3.79. The number of aliphatic hydroxyl groups is 2. The Hall–Kier alpha value is -2.45. The van der Waals surface area contributed by atoms with Crippen molar-refractivity contribution in [1.29, 1.82) is 0 Å². The summed E-state index contributed by atoms with van der Waals surface area (Å²) in [4.78, 5) is 43.6. The van der Waals surface area contributed by atoms with Crippen LogP contribution >= 0.6 is 0 Å². The summed E-state index contributed by atoms with van der Waals surface area (Å²) in [6.07, 6.45) is 7.42. The summed E-state index contributed by atoms with van der Waals surface area (Å²) >= 11 is 0. The van der Waals surface area contributed by atoms with Gasteiger partial charge in [-0.15, -0.1) is 0 Å². The molecular weight excluding hydrogens is 530 g/mol. The Kier molecular flexibility index (Phi) is 13.3. The number of carbonyl (C=O) groups is 3. The molecule has 2 aliphatic rings. The Balaban J connectivity index is 1.79. The number of nitrogens with zero attached hydrogens (tertiary/aromatic N) is 2. The molecular formula is C34H55N3O5. The van der Waals surface area contributed by atoms with E-state index < -0.39 is 24.2 Å². The highest BCUT2D eigenvalue weighted by molar-refractivity contribution is 5.89. The number of aliphatic hydroxyl groups excluding tert-OH is 2. The molecule has 5 atom stereocenters. The topological polar surface area (TPSA) is 110 Å². The fraction of sp³-hybridized carbons (Fsp3) is 0.735. The van der Waals surface area contributed by atoms with Gasteiger partial charge >= 0.3 is 0 Å². The fourth-order valence-electron chi connectivity index (χ4n) is 6.26. The van der Waals surface area contributed by atoms with Crippen LogP contribution in [0.5, 0.6) is 0 Å². The van der Waals surface area contributed by atoms with Crippen LogP contribution in [0.25, 0.3) is 0 Å². The maximum atomic E-state index is 13.9. The molecule has 1 aromatic carbocycles. The van der Waals surface area contributed by atoms with Crippen molar-refractivity contribution >= 4 is 17.7 Å². The monoisotopic (exact) mass is 585 g/mol. The SMILES string of the molecule is CC(C)C[C@H](O)[C@H](O)[C@H](CC1CCCCC1)NC(=O)[C@@H](CC(=O)N(CC(=O)N(C)C)[C@@H](C)c1ccccc1)CC1CC1. The third-order valence-electron chi connectivity index (χ3n) is 9.14. The van der Waals surface area contributed by atoms with E-state index in [2.05, 4.69) is 5.32 Å². The smallest absolute Gasteiger partial charge is 0.241 e. The highest BCUT2D eigenvalue weighted by atomic mass is 16.3. The van der Waals surface area contributed by atoms with Gasteiger partial charge in [-0.2, -0.15) is 0 Å². The number of likely N-dealkylation sites (N-methyl/N-ethyl adjacent to an activating group) is 1. The normalized spacial score (nSPS) is 19.4. The molecule has 3 amide bonds. The van der Waals surface area contributed by atoms with Gasteiger partial charge in [-0.3, -0.25) is 14.4 Å². The van der Waals surface area contributed by atoms with E-state index in [1.807, 2.05) is 51.1 Å². The van der Waals surface area contributed by atoms with Gasteiger partial charge in [0.05, 0.1) is 18.2 Å². The van der Waals surface area contributed by atoms with E-state index in [1.165, 1.54) is 11.3 Å². The van der Waals surface area contributed by atoms with Crippen molar-refractivity contribution in [2.75, 3.05) is 20.6 Å². The average molecular weight is 586 g/mol. The van der Waals surface area contributed by atoms with E-state index in [1.54, 1.807) is 19.0 Å². The molecule has 0 heterocycles. The summed E-state index contributed by atoms with van der Waals surface area (Å²) in [6, 6.07) is 8.73. The number of nitrogens with one attached hydrogen (secondary N) is 1. The van der Waals surface area contributed by atoms with Gasteiger partial charge < -0.3 is 25.3 Å². The van der Waals surface area contributed by atoms with Crippen LogP contribution < -0.4 is 5.32 Å². The van der Waals surface area contributed by atoms with Crippen LogP contribution in [-0.2, 0) is 14.4 Å². The number of rotatable bonds is 16. The lowest BCUT2D eigenvalue weighted by Crippen LogP contribution is -2.52. The molecule has 8 heteroatoms. The molecule has 0 spiro atoms. The standard InChI is InChI=1S/C34H55N3O5/c1-23(2)18-30(38)33(41)29(20-25-12-8-6-9-13-25)35-34(42)28(19-26-16-17-26)21-31(39)37(22-32(40)36(4)5)24(3)27-14-10-7-11-15-27/h7,10-11,14-15,23-26,28-30,33,38,41H,6,8-9,12-13,16-22H2,1-5H3,(H,35,42)/t24-,28+,29-,30-,33+/m0/s1. The molecule has 8 nitrogen and oxygen atoms in total. The zero-order valence-electron chi connectivity index (χ0n) is 26.5. The van der Waals surface area contributed by atoms with E-state index in [4.69, 9.17) is 0 Å². The largest absolute Gasteiger partial charge is 0.390 e. The van der Waals surface area contributed by atoms with Crippen molar-refractivity contribution in [2.24, 2.45) is 23.7 Å². The summed E-state index contributed by atoms with van der Waals surface area (Å²) < 4.78 is 0. The molecule has 3 N–H and O–H groups in total. The first-order chi connectivity index (χ1) is 20.0. The second-order valence-corrected chi connectivity index (χ2v) is 13.5. The van der Waals surface area contributed by atoms with Crippen molar-refractivity contribution < 1.29 is 24.6 Å². The van der Waals surface area contributed by atoms with Crippen LogP contribution in [0.1, 0.15) is 103 Å². The van der Waals surface area contributed by atoms with Gasteiger partial charge in [0.25, 0.3) is 0 Å². The minimum atomic E-state index is -1.07. The Labute approximate surface area is 253 Å². The highest BCUT2D eigenvalue weighted by Gasteiger charge is 2.37. The van der Waals surface area contributed by atoms with E-state index in [-0.39, 0.29) is 42.6 Å². The molecule has 0 saturated heterocycles. The molecule has 236 valence electrons. The van der Waals surface area contributed by atoms with Gasteiger partial charge in [-0.25, -0.2) is 0 Å². The quantitative estimate of drug-likeness (QED) is 0.261. The summed E-state index contributed by atoms with van der Waals surface area (Å²) in [5, 5.41) is 25.2. The van der Waals surface area contributed by atoms with E-state index in [0.29, 0.717) is 31.1 Å². The predicted molar refractivity (Wildman–Crippen MR) is 165 cm³/mol. The number of carbonyl (C=O) groups excluding carboxylic acids is 3. The molecule has 3 rings (SSSR count). The van der Waals surface area contributed by atoms with Gasteiger partial charge in [0.1, 0.15) is 12.6 Å². The lowest BCUT2D eigenvalue weighted by atomic mass is 9.82. The molecule has 2 fully saturated rings. The second-order valence-electron chi connectivity index (χ2n) is 13.5. The van der Waals surface area contributed by atoms with E-state index in [0.717, 1.165) is 44.1 Å². The molecule has 2 aliphatic carbocycles. The van der Waals surface area contributed by atoms with Gasteiger partial charge in [-0.05, 0) is 49.5 Å². The van der Waals surface area contributed by atoms with E-state index in [9.17, 15) is 24.6 Å². The molecule has 1 aromatic rings. The molecule has 0 aliphatic heterocycles. The van der Waals surface area contributed by atoms with Gasteiger partial charge in [-0.1, -0.05) is 89.1 Å². The van der Waals surface area contributed by atoms with Crippen molar-refractivity contribution in [3.05, 3.63) is 35.9 Å². The van der Waals surface area contributed by atoms with Crippen LogP contribution in [0.15, 0.2) is 30.3 Å². The Bertz CT molecular complexity index is 990. The van der Waals surface area contributed by atoms with Gasteiger partial charge in [0.15, 0.2) is 0 Å². The maximum absolute atomic E-state index is 13.9. The summed E-state index contributed by atoms with van der Waals surface area (Å²) in [5.41, 5.74) is 0.926. The van der Waals surface area contributed by atoms with Crippen molar-refractivity contribution in [3.8, 4) is 0 Å². The lowest BCUT2D eigenvalue weighted by molar-refractivity contribution is -0.143. The first-order valence-corrected chi connectivity index (χ1v) is 16.2. The van der Waals surface area contributed by atoms with Gasteiger partial charge in [0, 0.05) is 26.4 Å². The van der Waals surface area contributed by atoms with Gasteiger partial charge in [0.2, 0.25) is 17.7 Å². The third-order valence-corrected chi connectivity index (χ3v) is 9.14. The lowest BCUT2D eigenvalue weighted by Gasteiger charge is -2.34. The molecule has 2 saturated carbocycles. The van der Waals surface area contributed by atoms with E-state index >= 15 is 0 Å². The Morgan fingerprint density at radius 2 is 1.50 bits per heavy atom.